The number of rotatable bonds is 3. The zero-order chi connectivity index (χ0) is 14.9. The third kappa shape index (κ3) is 3.18. The molecule has 0 heterocycles. The summed E-state index contributed by atoms with van der Waals surface area (Å²) in [6, 6.07) is 5.18. The van der Waals surface area contributed by atoms with Crippen LogP contribution in [-0.2, 0) is 10.0 Å². The molecule has 0 aliphatic heterocycles. The van der Waals surface area contributed by atoms with E-state index in [9.17, 15) is 8.42 Å². The fourth-order valence-electron chi connectivity index (χ4n) is 2.77. The molecule has 112 valence electrons. The van der Waals surface area contributed by atoms with Gasteiger partial charge in [0.05, 0.1) is 5.02 Å². The Morgan fingerprint density at radius 3 is 2.35 bits per heavy atom. The van der Waals surface area contributed by atoms with Crippen molar-refractivity contribution >= 4 is 21.6 Å². The summed E-state index contributed by atoms with van der Waals surface area (Å²) in [6.07, 6.45) is 4.04. The average molecular weight is 316 g/mol. The van der Waals surface area contributed by atoms with E-state index in [0.717, 1.165) is 31.2 Å². The standard InChI is InChI=1S/C15H22ClNO2S/c1-11-4-7-13(8-5-11)17(3)20(18,19)15-9-6-12(2)10-14(15)16/h6,9-11,13H,4-5,7-8H2,1-3H3. The average Bonchev–Trinajstić information content (AvgIpc) is 2.38. The highest BCUT2D eigenvalue weighted by molar-refractivity contribution is 7.89. The molecular weight excluding hydrogens is 294 g/mol. The van der Waals surface area contributed by atoms with Crippen LogP contribution < -0.4 is 0 Å². The van der Waals surface area contributed by atoms with Gasteiger partial charge in [0, 0.05) is 13.1 Å². The number of sulfonamides is 1. The van der Waals surface area contributed by atoms with Crippen LogP contribution in [0.4, 0.5) is 0 Å². The second-order valence-electron chi connectivity index (χ2n) is 5.87. The minimum Gasteiger partial charge on any atom is -0.207 e. The fourth-order valence-corrected chi connectivity index (χ4v) is 4.76. The first kappa shape index (κ1) is 15.8. The molecule has 0 unspecified atom stereocenters. The van der Waals surface area contributed by atoms with Gasteiger partial charge in [0.2, 0.25) is 10.0 Å². The molecule has 20 heavy (non-hydrogen) atoms. The van der Waals surface area contributed by atoms with Crippen LogP contribution in [0.1, 0.15) is 38.2 Å². The van der Waals surface area contributed by atoms with Crippen molar-refractivity contribution in [1.29, 1.82) is 0 Å². The van der Waals surface area contributed by atoms with Gasteiger partial charge < -0.3 is 0 Å². The summed E-state index contributed by atoms with van der Waals surface area (Å²) in [4.78, 5) is 0.214. The minimum atomic E-state index is -3.50. The lowest BCUT2D eigenvalue weighted by atomic mass is 9.87. The number of hydrogen-bond donors (Lipinski definition) is 0. The lowest BCUT2D eigenvalue weighted by Crippen LogP contribution is -2.39. The lowest BCUT2D eigenvalue weighted by molar-refractivity contribution is 0.246. The highest BCUT2D eigenvalue weighted by Gasteiger charge is 2.31. The first-order chi connectivity index (χ1) is 9.32. The SMILES string of the molecule is Cc1ccc(S(=O)(=O)N(C)C2CCC(C)CC2)c(Cl)c1. The quantitative estimate of drug-likeness (QED) is 0.849. The van der Waals surface area contributed by atoms with Crippen LogP contribution in [0.25, 0.3) is 0 Å². The van der Waals surface area contributed by atoms with Gasteiger partial charge in [-0.2, -0.15) is 4.31 Å². The lowest BCUT2D eigenvalue weighted by Gasteiger charge is -2.33. The molecule has 2 rings (SSSR count). The molecule has 0 radical (unpaired) electrons. The Bertz CT molecular complexity index is 578. The Kier molecular flexibility index (Phi) is 4.77. The molecule has 3 nitrogen and oxygen atoms in total. The number of hydrogen-bond acceptors (Lipinski definition) is 2. The molecule has 0 bridgehead atoms. The minimum absolute atomic E-state index is 0.0913. The van der Waals surface area contributed by atoms with Crippen molar-refractivity contribution in [2.24, 2.45) is 5.92 Å². The van der Waals surface area contributed by atoms with Gasteiger partial charge in [0.25, 0.3) is 0 Å². The van der Waals surface area contributed by atoms with Gasteiger partial charge in [-0.05, 0) is 56.2 Å². The molecule has 0 saturated heterocycles. The molecule has 1 saturated carbocycles. The summed E-state index contributed by atoms with van der Waals surface area (Å²) in [6.45, 7) is 4.12. The highest BCUT2D eigenvalue weighted by atomic mass is 35.5. The monoisotopic (exact) mass is 315 g/mol. The molecule has 1 aromatic carbocycles. The van der Waals surface area contributed by atoms with Crippen molar-refractivity contribution < 1.29 is 8.42 Å². The molecular formula is C15H22ClNO2S. The molecule has 1 aromatic rings. The van der Waals surface area contributed by atoms with Crippen LogP contribution >= 0.6 is 11.6 Å². The van der Waals surface area contributed by atoms with E-state index in [1.54, 1.807) is 25.2 Å². The summed E-state index contributed by atoms with van der Waals surface area (Å²) in [7, 11) is -1.83. The van der Waals surface area contributed by atoms with E-state index in [0.29, 0.717) is 10.9 Å². The van der Waals surface area contributed by atoms with E-state index in [1.807, 2.05) is 6.92 Å². The van der Waals surface area contributed by atoms with E-state index in [4.69, 9.17) is 11.6 Å². The van der Waals surface area contributed by atoms with Gasteiger partial charge in [-0.25, -0.2) is 8.42 Å². The van der Waals surface area contributed by atoms with E-state index < -0.39 is 10.0 Å². The Labute approximate surface area is 127 Å². The summed E-state index contributed by atoms with van der Waals surface area (Å²) < 4.78 is 26.9. The van der Waals surface area contributed by atoms with Crippen LogP contribution in [-0.4, -0.2) is 25.8 Å². The smallest absolute Gasteiger partial charge is 0.207 e. The summed E-state index contributed by atoms with van der Waals surface area (Å²) in [5.41, 5.74) is 0.961. The van der Waals surface area contributed by atoms with Crippen molar-refractivity contribution in [3.63, 3.8) is 0 Å². The van der Waals surface area contributed by atoms with Gasteiger partial charge in [-0.15, -0.1) is 0 Å². The molecule has 1 aliphatic rings. The van der Waals surface area contributed by atoms with Crippen LogP contribution in [0.3, 0.4) is 0 Å². The molecule has 1 fully saturated rings. The Hall–Kier alpha value is -0.580. The Morgan fingerprint density at radius 1 is 1.20 bits per heavy atom. The van der Waals surface area contributed by atoms with Crippen molar-refractivity contribution in [3.05, 3.63) is 28.8 Å². The van der Waals surface area contributed by atoms with Gasteiger partial charge in [0.15, 0.2) is 0 Å². The van der Waals surface area contributed by atoms with Crippen LogP contribution in [0.5, 0.6) is 0 Å². The van der Waals surface area contributed by atoms with Crippen molar-refractivity contribution in [1.82, 2.24) is 4.31 Å². The predicted molar refractivity (Wildman–Crippen MR) is 82.6 cm³/mol. The molecule has 0 N–H and O–H groups in total. The fraction of sp³-hybridized carbons (Fsp3) is 0.600. The number of halogens is 1. The van der Waals surface area contributed by atoms with E-state index in [2.05, 4.69) is 6.92 Å². The number of aryl methyl sites for hydroxylation is 1. The Morgan fingerprint density at radius 2 is 1.80 bits per heavy atom. The maximum Gasteiger partial charge on any atom is 0.244 e. The normalized spacial score (nSPS) is 24.1. The largest absolute Gasteiger partial charge is 0.244 e. The molecule has 1 aliphatic carbocycles. The van der Waals surface area contributed by atoms with Crippen molar-refractivity contribution in [2.45, 2.75) is 50.5 Å². The zero-order valence-electron chi connectivity index (χ0n) is 12.3. The van der Waals surface area contributed by atoms with Gasteiger partial charge in [0.1, 0.15) is 4.90 Å². The summed E-state index contributed by atoms with van der Waals surface area (Å²) in [5.74, 6) is 0.699. The first-order valence-electron chi connectivity index (χ1n) is 7.06. The van der Waals surface area contributed by atoms with E-state index >= 15 is 0 Å². The first-order valence-corrected chi connectivity index (χ1v) is 8.88. The molecule has 5 heteroatoms. The third-order valence-corrected chi connectivity index (χ3v) is 6.64. The second-order valence-corrected chi connectivity index (χ2v) is 8.24. The van der Waals surface area contributed by atoms with Crippen molar-refractivity contribution in [3.8, 4) is 0 Å². The summed E-state index contributed by atoms with van der Waals surface area (Å²) >= 11 is 6.11. The topological polar surface area (TPSA) is 37.4 Å². The number of benzene rings is 1. The van der Waals surface area contributed by atoms with E-state index in [-0.39, 0.29) is 10.9 Å². The molecule has 0 aromatic heterocycles. The van der Waals surface area contributed by atoms with Crippen LogP contribution in [0.15, 0.2) is 23.1 Å². The van der Waals surface area contributed by atoms with Crippen molar-refractivity contribution in [2.75, 3.05) is 7.05 Å². The van der Waals surface area contributed by atoms with Crippen LogP contribution in [0, 0.1) is 12.8 Å². The third-order valence-electron chi connectivity index (χ3n) is 4.24. The second kappa shape index (κ2) is 6.04. The summed E-state index contributed by atoms with van der Waals surface area (Å²) in [5, 5.41) is 0.307. The molecule has 0 atom stereocenters. The molecule has 0 spiro atoms. The van der Waals surface area contributed by atoms with Crippen LogP contribution in [0.2, 0.25) is 5.02 Å². The highest BCUT2D eigenvalue weighted by Crippen LogP contribution is 2.31. The Balaban J connectivity index is 2.25. The maximum atomic E-state index is 12.7. The zero-order valence-corrected chi connectivity index (χ0v) is 13.8. The van der Waals surface area contributed by atoms with Gasteiger partial charge in [-0.1, -0.05) is 24.6 Å². The van der Waals surface area contributed by atoms with Gasteiger partial charge >= 0.3 is 0 Å². The van der Waals surface area contributed by atoms with Gasteiger partial charge in [-0.3, -0.25) is 0 Å². The maximum absolute atomic E-state index is 12.7. The predicted octanol–water partition coefficient (Wildman–Crippen LogP) is 3.85. The number of nitrogens with zero attached hydrogens (tertiary/aromatic N) is 1. The molecule has 0 amide bonds. The van der Waals surface area contributed by atoms with E-state index in [1.165, 1.54) is 4.31 Å².